The molecule has 0 aliphatic rings. The molecule has 0 fully saturated rings. The smallest absolute Gasteiger partial charge is 0.142 e. The third-order valence-corrected chi connectivity index (χ3v) is 0.942. The van der Waals surface area contributed by atoms with E-state index in [1.165, 1.54) is 6.08 Å². The van der Waals surface area contributed by atoms with E-state index < -0.39 is 0 Å². The van der Waals surface area contributed by atoms with E-state index in [4.69, 9.17) is 0 Å². The van der Waals surface area contributed by atoms with Crippen molar-refractivity contribution in [3.63, 3.8) is 0 Å². The van der Waals surface area contributed by atoms with Gasteiger partial charge in [0.1, 0.15) is 6.29 Å². The number of carbonyl (C=O) groups excluding carboxylic acids is 1. The maximum atomic E-state index is 9.79. The van der Waals surface area contributed by atoms with Crippen LogP contribution in [0.5, 0.6) is 0 Å². The first-order chi connectivity index (χ1) is 5.91. The molecule has 0 aliphatic carbocycles. The molecule has 2 heteroatoms. The van der Waals surface area contributed by atoms with Crippen LogP contribution in [0.1, 0.15) is 20.8 Å². The minimum absolute atomic E-state index is 0.731. The lowest BCUT2D eigenvalue weighted by Gasteiger charge is -2.10. The summed E-state index contributed by atoms with van der Waals surface area (Å²) in [4.78, 5) is 11.6. The van der Waals surface area contributed by atoms with E-state index >= 15 is 0 Å². The average Bonchev–Trinajstić information content (AvgIpc) is 1.98. The fourth-order valence-electron chi connectivity index (χ4n) is 0.299. The van der Waals surface area contributed by atoms with E-state index in [2.05, 4.69) is 27.4 Å². The molecule has 0 amide bonds. The second-order valence-corrected chi connectivity index (χ2v) is 3.61. The topological polar surface area (TPSA) is 20.3 Å². The number of hydrogen-bond donors (Lipinski definition) is 0. The number of nitrogens with zero attached hydrogens (tertiary/aromatic N) is 1. The fraction of sp³-hybridized carbons (Fsp3) is 0.545. The van der Waals surface area contributed by atoms with Crippen molar-refractivity contribution < 1.29 is 4.79 Å². The molecule has 0 heterocycles. The number of rotatable bonds is 3. The monoisotopic (exact) mass is 183 g/mol. The molecule has 0 radical (unpaired) electrons. The van der Waals surface area contributed by atoms with Crippen molar-refractivity contribution in [3.8, 4) is 0 Å². The van der Waals surface area contributed by atoms with E-state index in [1.54, 1.807) is 6.08 Å². The van der Waals surface area contributed by atoms with Gasteiger partial charge in [0.05, 0.1) is 0 Å². The molecule has 0 aromatic rings. The van der Waals surface area contributed by atoms with Crippen LogP contribution in [0.25, 0.3) is 0 Å². The second-order valence-electron chi connectivity index (χ2n) is 3.61. The standard InChI is InChI=1S/C7H11NO.C4H10/c1-7(8(2)3)5-4-6-9;1-4(2)3/h4-6H,1H2,2-3H3;4H,1-3H3/b5-4-;. The first kappa shape index (κ1) is 14.5. The van der Waals surface area contributed by atoms with Gasteiger partial charge in [-0.3, -0.25) is 4.79 Å². The fourth-order valence-corrected chi connectivity index (χ4v) is 0.299. The van der Waals surface area contributed by atoms with E-state index in [1.807, 2.05) is 19.0 Å². The Balaban J connectivity index is 0. The van der Waals surface area contributed by atoms with Crippen molar-refractivity contribution in [2.45, 2.75) is 20.8 Å². The van der Waals surface area contributed by atoms with Crippen LogP contribution < -0.4 is 0 Å². The van der Waals surface area contributed by atoms with Gasteiger partial charge >= 0.3 is 0 Å². The molecule has 0 spiro atoms. The maximum absolute atomic E-state index is 9.79. The van der Waals surface area contributed by atoms with Gasteiger partial charge in [0.2, 0.25) is 0 Å². The lowest BCUT2D eigenvalue weighted by Crippen LogP contribution is -2.07. The second kappa shape index (κ2) is 9.04. The molecule has 0 bridgehead atoms. The minimum atomic E-state index is 0.731. The van der Waals surface area contributed by atoms with Crippen LogP contribution in [0, 0.1) is 5.92 Å². The van der Waals surface area contributed by atoms with Crippen molar-refractivity contribution in [2.75, 3.05) is 14.1 Å². The van der Waals surface area contributed by atoms with Crippen LogP contribution >= 0.6 is 0 Å². The van der Waals surface area contributed by atoms with Crippen molar-refractivity contribution >= 4 is 6.29 Å². The zero-order chi connectivity index (χ0) is 10.9. The molecule has 0 aromatic carbocycles. The Labute approximate surface area is 81.9 Å². The van der Waals surface area contributed by atoms with Crippen LogP contribution in [0.2, 0.25) is 0 Å². The molecule has 0 saturated heterocycles. The van der Waals surface area contributed by atoms with Gasteiger partial charge < -0.3 is 4.90 Å². The number of aldehydes is 1. The van der Waals surface area contributed by atoms with Crippen LogP contribution in [-0.4, -0.2) is 25.3 Å². The molecule has 0 saturated carbocycles. The van der Waals surface area contributed by atoms with Gasteiger partial charge in [-0.2, -0.15) is 0 Å². The summed E-state index contributed by atoms with van der Waals surface area (Å²) in [6.07, 6.45) is 3.81. The van der Waals surface area contributed by atoms with Gasteiger partial charge in [0.25, 0.3) is 0 Å². The van der Waals surface area contributed by atoms with Gasteiger partial charge in [0, 0.05) is 19.8 Å². The minimum Gasteiger partial charge on any atom is -0.378 e. The first-order valence-corrected chi connectivity index (χ1v) is 4.39. The van der Waals surface area contributed by atoms with E-state index in [0.29, 0.717) is 0 Å². The largest absolute Gasteiger partial charge is 0.378 e. The molecule has 0 aromatic heterocycles. The summed E-state index contributed by atoms with van der Waals surface area (Å²) in [5.41, 5.74) is 0.821. The highest BCUT2D eigenvalue weighted by Gasteiger charge is 1.85. The molecule has 13 heavy (non-hydrogen) atoms. The molecule has 0 atom stereocenters. The summed E-state index contributed by atoms with van der Waals surface area (Å²) in [6.45, 7) is 10.2. The summed E-state index contributed by atoms with van der Waals surface area (Å²) in [6, 6.07) is 0. The SMILES string of the molecule is C=C(/C=C\C=O)N(C)C.CC(C)C. The Bertz CT molecular complexity index is 166. The van der Waals surface area contributed by atoms with Crippen molar-refractivity contribution in [1.29, 1.82) is 0 Å². The molecule has 0 rings (SSSR count). The molecule has 76 valence electrons. The van der Waals surface area contributed by atoms with Crippen molar-refractivity contribution in [3.05, 3.63) is 24.4 Å². The Hall–Kier alpha value is -1.05. The summed E-state index contributed by atoms with van der Waals surface area (Å²) < 4.78 is 0. The highest BCUT2D eigenvalue weighted by Crippen LogP contribution is 1.93. The number of hydrogen-bond acceptors (Lipinski definition) is 2. The highest BCUT2D eigenvalue weighted by molar-refractivity contribution is 5.65. The number of likely N-dealkylation sites (N-methyl/N-ethyl adjacent to an activating group) is 1. The van der Waals surface area contributed by atoms with Crippen molar-refractivity contribution in [2.24, 2.45) is 5.92 Å². The summed E-state index contributed by atoms with van der Waals surface area (Å²) in [5.74, 6) is 0.833. The summed E-state index contributed by atoms with van der Waals surface area (Å²) >= 11 is 0. The quantitative estimate of drug-likeness (QED) is 0.380. The Kier molecular flexibility index (Phi) is 10.1. The normalized spacial score (nSPS) is 9.38. The Morgan fingerprint density at radius 2 is 1.69 bits per heavy atom. The Morgan fingerprint density at radius 1 is 1.31 bits per heavy atom. The van der Waals surface area contributed by atoms with E-state index in [0.717, 1.165) is 17.9 Å². The third-order valence-electron chi connectivity index (χ3n) is 0.942. The lowest BCUT2D eigenvalue weighted by atomic mass is 10.3. The van der Waals surface area contributed by atoms with Crippen LogP contribution in [0.4, 0.5) is 0 Å². The molecule has 2 nitrogen and oxygen atoms in total. The molecule has 0 unspecified atom stereocenters. The van der Waals surface area contributed by atoms with E-state index in [9.17, 15) is 4.79 Å². The summed E-state index contributed by atoms with van der Waals surface area (Å²) in [7, 11) is 3.74. The first-order valence-electron chi connectivity index (χ1n) is 4.39. The molecular formula is C11H21NO. The van der Waals surface area contributed by atoms with Gasteiger partial charge in [-0.1, -0.05) is 27.4 Å². The zero-order valence-electron chi connectivity index (χ0n) is 9.37. The molecule has 0 aliphatic heterocycles. The number of carbonyl (C=O) groups is 1. The van der Waals surface area contributed by atoms with Crippen LogP contribution in [0.3, 0.4) is 0 Å². The molecule has 0 N–H and O–H groups in total. The number of allylic oxidation sites excluding steroid dienone is 2. The third kappa shape index (κ3) is 18.2. The predicted octanol–water partition coefficient (Wildman–Crippen LogP) is 2.48. The maximum Gasteiger partial charge on any atom is 0.142 e. The highest BCUT2D eigenvalue weighted by atomic mass is 16.1. The zero-order valence-corrected chi connectivity index (χ0v) is 9.37. The lowest BCUT2D eigenvalue weighted by molar-refractivity contribution is -0.104. The summed E-state index contributed by atoms with van der Waals surface area (Å²) in [5, 5.41) is 0. The van der Waals surface area contributed by atoms with E-state index in [-0.39, 0.29) is 0 Å². The van der Waals surface area contributed by atoms with Crippen molar-refractivity contribution in [1.82, 2.24) is 4.90 Å². The van der Waals surface area contributed by atoms with Gasteiger partial charge in [-0.05, 0) is 18.1 Å². The van der Waals surface area contributed by atoms with Crippen LogP contribution in [0.15, 0.2) is 24.4 Å². The van der Waals surface area contributed by atoms with Gasteiger partial charge in [-0.15, -0.1) is 0 Å². The van der Waals surface area contributed by atoms with Gasteiger partial charge in [-0.25, -0.2) is 0 Å². The predicted molar refractivity (Wildman–Crippen MR) is 58.5 cm³/mol. The van der Waals surface area contributed by atoms with Gasteiger partial charge in [0.15, 0.2) is 0 Å². The Morgan fingerprint density at radius 3 is 1.92 bits per heavy atom. The average molecular weight is 183 g/mol. The molecular weight excluding hydrogens is 162 g/mol. The van der Waals surface area contributed by atoms with Crippen LogP contribution in [-0.2, 0) is 4.79 Å².